The Labute approximate surface area is 280 Å². The molecule has 0 spiro atoms. The SMILES string of the molecule is O=C(CCCOCCOCCCCCCCl)c1ccc(C(=O)O)c(-c2c3ccc(=[N+]4CCC4)cc-3oc3cc(N4CCC4)ccc23)c1. The van der Waals surface area contributed by atoms with Gasteiger partial charge in [0.05, 0.1) is 31.3 Å². The third-order valence-corrected chi connectivity index (χ3v) is 9.48. The van der Waals surface area contributed by atoms with Gasteiger partial charge in [-0.05, 0) is 61.6 Å². The van der Waals surface area contributed by atoms with Crippen molar-refractivity contribution >= 4 is 40.0 Å². The second kappa shape index (κ2) is 15.9. The van der Waals surface area contributed by atoms with Crippen molar-refractivity contribution in [3.05, 3.63) is 71.1 Å². The molecule has 4 aliphatic rings. The minimum absolute atomic E-state index is 0.0469. The van der Waals surface area contributed by atoms with Crippen molar-refractivity contribution < 1.29 is 28.6 Å². The van der Waals surface area contributed by atoms with Crippen molar-refractivity contribution in [2.75, 3.05) is 63.4 Å². The number of anilines is 1. The number of carboxylic acid groups (broad SMARTS) is 1. The number of ketones is 1. The number of alkyl halides is 1. The van der Waals surface area contributed by atoms with Crippen LogP contribution in [0.2, 0.25) is 0 Å². The van der Waals surface area contributed by atoms with Crippen LogP contribution < -0.4 is 14.8 Å². The quantitative estimate of drug-likeness (QED) is 0.0426. The number of nitrogens with zero attached hydrogens (tertiary/aromatic N) is 2. The van der Waals surface area contributed by atoms with E-state index in [1.165, 1.54) is 0 Å². The molecule has 47 heavy (non-hydrogen) atoms. The molecule has 2 fully saturated rings. The van der Waals surface area contributed by atoms with Crippen LogP contribution in [0.3, 0.4) is 0 Å². The highest BCUT2D eigenvalue weighted by Gasteiger charge is 2.25. The number of ether oxygens (including phenoxy) is 2. The summed E-state index contributed by atoms with van der Waals surface area (Å²) in [6, 6.07) is 17.2. The Morgan fingerprint density at radius 1 is 0.830 bits per heavy atom. The van der Waals surface area contributed by atoms with E-state index in [0.29, 0.717) is 61.0 Å². The van der Waals surface area contributed by atoms with Gasteiger partial charge in [0.2, 0.25) is 5.36 Å². The van der Waals surface area contributed by atoms with E-state index >= 15 is 0 Å². The molecule has 2 aromatic rings. The van der Waals surface area contributed by atoms with Crippen molar-refractivity contribution in [2.45, 2.75) is 51.4 Å². The molecule has 0 atom stereocenters. The Morgan fingerprint density at radius 3 is 2.32 bits per heavy atom. The maximum atomic E-state index is 13.4. The third-order valence-electron chi connectivity index (χ3n) is 9.21. The Balaban J connectivity index is 1.22. The van der Waals surface area contributed by atoms with Gasteiger partial charge in [0.25, 0.3) is 0 Å². The molecule has 2 aromatic carbocycles. The van der Waals surface area contributed by atoms with E-state index in [1.54, 1.807) is 18.2 Å². The first kappa shape index (κ1) is 33.2. The summed E-state index contributed by atoms with van der Waals surface area (Å²) in [6.07, 6.45) is 7.52. The number of rotatable bonds is 17. The summed E-state index contributed by atoms with van der Waals surface area (Å²) in [5.41, 5.74) is 4.51. The summed E-state index contributed by atoms with van der Waals surface area (Å²) >= 11 is 5.71. The topological polar surface area (TPSA) is 92.2 Å². The van der Waals surface area contributed by atoms with Gasteiger partial charge in [0, 0.05) is 78.5 Å². The van der Waals surface area contributed by atoms with Gasteiger partial charge in [-0.25, -0.2) is 9.37 Å². The molecule has 6 rings (SSSR count). The van der Waals surface area contributed by atoms with Gasteiger partial charge in [-0.3, -0.25) is 4.79 Å². The molecule has 3 aliphatic heterocycles. The molecule has 0 saturated carbocycles. The first-order valence-electron chi connectivity index (χ1n) is 17.0. The molecule has 8 nitrogen and oxygen atoms in total. The predicted octanol–water partition coefficient (Wildman–Crippen LogP) is 7.08. The summed E-state index contributed by atoms with van der Waals surface area (Å²) < 4.78 is 20.2. The normalized spacial score (nSPS) is 14.4. The van der Waals surface area contributed by atoms with Crippen molar-refractivity contribution in [2.24, 2.45) is 0 Å². The van der Waals surface area contributed by atoms with Gasteiger partial charge in [0.15, 0.2) is 5.78 Å². The number of carbonyl (C=O) groups excluding carboxylic acids is 1. The zero-order chi connectivity index (χ0) is 32.6. The number of benzene rings is 3. The fraction of sp³-hybridized carbons (Fsp3) is 0.447. The number of hydrogen-bond donors (Lipinski definition) is 1. The van der Waals surface area contributed by atoms with Crippen LogP contribution in [0.1, 0.15) is 72.1 Å². The Morgan fingerprint density at radius 2 is 1.62 bits per heavy atom. The number of carboxylic acids is 1. The number of carbonyl (C=O) groups is 2. The minimum atomic E-state index is -1.04. The molecule has 248 valence electrons. The fourth-order valence-corrected chi connectivity index (χ4v) is 6.45. The summed E-state index contributed by atoms with van der Waals surface area (Å²) in [5.74, 6) is 0.317. The van der Waals surface area contributed by atoms with Crippen LogP contribution in [0.15, 0.2) is 59.0 Å². The summed E-state index contributed by atoms with van der Waals surface area (Å²) in [7, 11) is 0. The molecule has 0 amide bonds. The van der Waals surface area contributed by atoms with Crippen LogP contribution in [0, 0.1) is 0 Å². The number of hydrogen-bond acceptors (Lipinski definition) is 6. The van der Waals surface area contributed by atoms with E-state index in [1.807, 2.05) is 12.1 Å². The van der Waals surface area contributed by atoms with Crippen LogP contribution in [-0.2, 0) is 9.47 Å². The van der Waals surface area contributed by atoms with Crippen LogP contribution in [-0.4, -0.2) is 75.3 Å². The average molecular weight is 660 g/mol. The lowest BCUT2D eigenvalue weighted by Gasteiger charge is -2.33. The minimum Gasteiger partial charge on any atom is -0.478 e. The molecule has 0 radical (unpaired) electrons. The standard InChI is InChI=1S/C38H43ClN2O6/c39-15-3-1-2-4-20-45-22-23-46-21-5-8-34(42)27-9-12-30(38(43)44)33(24-27)37-31-13-10-28(40-16-6-17-40)25-35(31)47-36-26-29(11-14-32(36)37)41-18-7-19-41/h9-14,24-26H,1-8,15-23H2/p+1. The maximum Gasteiger partial charge on any atom is 0.336 e. The average Bonchev–Trinajstić information content (AvgIpc) is 3.02. The fourth-order valence-electron chi connectivity index (χ4n) is 6.26. The summed E-state index contributed by atoms with van der Waals surface area (Å²) in [6.45, 7) is 6.23. The molecule has 1 N–H and O–H groups in total. The van der Waals surface area contributed by atoms with Crippen LogP contribution in [0.25, 0.3) is 33.4 Å². The summed E-state index contributed by atoms with van der Waals surface area (Å²) in [4.78, 5) is 28.2. The van der Waals surface area contributed by atoms with Crippen molar-refractivity contribution in [1.29, 1.82) is 0 Å². The van der Waals surface area contributed by atoms with Crippen LogP contribution >= 0.6 is 11.6 Å². The Kier molecular flexibility index (Phi) is 11.2. The molecule has 0 unspecified atom stereocenters. The molecule has 3 heterocycles. The molecule has 0 aromatic heterocycles. The van der Waals surface area contributed by atoms with Crippen LogP contribution in [0.4, 0.5) is 5.69 Å². The number of aromatic carboxylic acids is 1. The van der Waals surface area contributed by atoms with Crippen LogP contribution in [0.5, 0.6) is 0 Å². The van der Waals surface area contributed by atoms with Gasteiger partial charge in [-0.2, -0.15) is 0 Å². The highest BCUT2D eigenvalue weighted by molar-refractivity contribution is 6.17. The zero-order valence-electron chi connectivity index (χ0n) is 27.0. The van der Waals surface area contributed by atoms with E-state index in [2.05, 4.69) is 33.7 Å². The van der Waals surface area contributed by atoms with Gasteiger partial charge in [0.1, 0.15) is 24.4 Å². The highest BCUT2D eigenvalue weighted by Crippen LogP contribution is 2.42. The lowest BCUT2D eigenvalue weighted by atomic mass is 9.88. The highest BCUT2D eigenvalue weighted by atomic mass is 35.5. The molecule has 1 aliphatic carbocycles. The Hall–Kier alpha value is -3.72. The number of unbranched alkanes of at least 4 members (excludes halogenated alkanes) is 3. The van der Waals surface area contributed by atoms with E-state index in [0.717, 1.165) is 98.9 Å². The lowest BCUT2D eigenvalue weighted by Crippen LogP contribution is -2.40. The molecule has 0 bridgehead atoms. The zero-order valence-corrected chi connectivity index (χ0v) is 27.7. The number of halogens is 1. The smallest absolute Gasteiger partial charge is 0.336 e. The van der Waals surface area contributed by atoms with Gasteiger partial charge in [-0.1, -0.05) is 18.9 Å². The second-order valence-electron chi connectivity index (χ2n) is 12.4. The van der Waals surface area contributed by atoms with Crippen molar-refractivity contribution in [1.82, 2.24) is 4.58 Å². The first-order chi connectivity index (χ1) is 23.0. The molecular weight excluding hydrogens is 616 g/mol. The molecule has 9 heteroatoms. The summed E-state index contributed by atoms with van der Waals surface area (Å²) in [5, 5.41) is 12.2. The van der Waals surface area contributed by atoms with Crippen molar-refractivity contribution in [3.8, 4) is 22.5 Å². The molecular formula is C38H44ClN2O6+. The van der Waals surface area contributed by atoms with E-state index in [4.69, 9.17) is 25.5 Å². The van der Waals surface area contributed by atoms with Gasteiger partial charge < -0.3 is 23.9 Å². The van der Waals surface area contributed by atoms with E-state index in [-0.39, 0.29) is 11.3 Å². The largest absolute Gasteiger partial charge is 0.478 e. The number of Topliss-reactive ketones (excluding diaryl/α,β-unsaturated/α-hetero) is 1. The lowest BCUT2D eigenvalue weighted by molar-refractivity contribution is 0.0447. The van der Waals surface area contributed by atoms with E-state index in [9.17, 15) is 14.7 Å². The van der Waals surface area contributed by atoms with E-state index < -0.39 is 5.97 Å². The maximum absolute atomic E-state index is 13.4. The van der Waals surface area contributed by atoms with Gasteiger partial charge in [-0.15, -0.1) is 11.6 Å². The first-order valence-corrected chi connectivity index (χ1v) is 17.5. The van der Waals surface area contributed by atoms with Crippen molar-refractivity contribution in [3.63, 3.8) is 0 Å². The Bertz CT molecular complexity index is 1760. The third kappa shape index (κ3) is 7.88. The number of fused-ring (bicyclic) bond motifs is 2. The second-order valence-corrected chi connectivity index (χ2v) is 12.8. The predicted molar refractivity (Wildman–Crippen MR) is 186 cm³/mol. The molecule has 2 saturated heterocycles. The van der Waals surface area contributed by atoms with Gasteiger partial charge >= 0.3 is 5.97 Å². The monoisotopic (exact) mass is 659 g/mol.